The van der Waals surface area contributed by atoms with Crippen molar-refractivity contribution in [3.8, 4) is 11.1 Å². The normalized spacial score (nSPS) is 11.3. The Hall–Kier alpha value is -3.21. The zero-order chi connectivity index (χ0) is 18.4. The van der Waals surface area contributed by atoms with Crippen molar-refractivity contribution in [2.24, 2.45) is 0 Å². The van der Waals surface area contributed by atoms with Crippen molar-refractivity contribution in [3.05, 3.63) is 85.2 Å². The van der Waals surface area contributed by atoms with E-state index < -0.39 is 7.12 Å². The Morgan fingerprint density at radius 2 is 1.11 bits per heavy atom. The number of nitrogens with zero attached hydrogens (tertiary/aromatic N) is 1. The molecule has 0 aliphatic rings. The number of pyridine rings is 1. The first-order valence-corrected chi connectivity index (χ1v) is 8.88. The summed E-state index contributed by atoms with van der Waals surface area (Å²) in [6, 6.07) is 24.0. The second kappa shape index (κ2) is 6.20. The molecule has 0 unspecified atom stereocenters. The van der Waals surface area contributed by atoms with Gasteiger partial charge in [0.1, 0.15) is 0 Å². The van der Waals surface area contributed by atoms with E-state index in [2.05, 4.69) is 17.1 Å². The van der Waals surface area contributed by atoms with Crippen molar-refractivity contribution in [1.82, 2.24) is 4.98 Å². The summed E-state index contributed by atoms with van der Waals surface area (Å²) in [7, 11) is -1.54. The van der Waals surface area contributed by atoms with Gasteiger partial charge in [0.05, 0.1) is 0 Å². The predicted molar refractivity (Wildman–Crippen MR) is 112 cm³/mol. The summed E-state index contributed by atoms with van der Waals surface area (Å²) in [5, 5.41) is 26.0. The Morgan fingerprint density at radius 1 is 0.593 bits per heavy atom. The lowest BCUT2D eigenvalue weighted by Crippen LogP contribution is -2.31. The van der Waals surface area contributed by atoms with E-state index in [1.165, 1.54) is 0 Å². The first-order chi connectivity index (χ1) is 13.3. The molecule has 5 rings (SSSR count). The molecule has 1 aromatic heterocycles. The van der Waals surface area contributed by atoms with Gasteiger partial charge in [0.15, 0.2) is 0 Å². The molecule has 1 heterocycles. The van der Waals surface area contributed by atoms with Crippen molar-refractivity contribution in [2.45, 2.75) is 0 Å². The Morgan fingerprint density at radius 3 is 1.70 bits per heavy atom. The van der Waals surface area contributed by atoms with Crippen LogP contribution < -0.4 is 5.46 Å². The van der Waals surface area contributed by atoms with E-state index in [1.807, 2.05) is 73.1 Å². The van der Waals surface area contributed by atoms with E-state index in [9.17, 15) is 10.0 Å². The van der Waals surface area contributed by atoms with Gasteiger partial charge < -0.3 is 10.0 Å². The van der Waals surface area contributed by atoms with Gasteiger partial charge in [-0.15, -0.1) is 0 Å². The van der Waals surface area contributed by atoms with E-state index in [0.717, 1.165) is 43.4 Å². The zero-order valence-electron chi connectivity index (χ0n) is 14.5. The van der Waals surface area contributed by atoms with E-state index in [-0.39, 0.29) is 0 Å². The minimum Gasteiger partial charge on any atom is -0.423 e. The summed E-state index contributed by atoms with van der Waals surface area (Å²) in [4.78, 5) is 4.46. The number of benzene rings is 4. The molecule has 0 spiro atoms. The molecule has 0 bridgehead atoms. The molecule has 0 amide bonds. The van der Waals surface area contributed by atoms with E-state index in [0.29, 0.717) is 5.46 Å². The average Bonchev–Trinajstić information content (AvgIpc) is 2.71. The lowest BCUT2D eigenvalue weighted by atomic mass is 9.72. The molecule has 2 N–H and O–H groups in total. The quantitative estimate of drug-likeness (QED) is 0.376. The van der Waals surface area contributed by atoms with Crippen molar-refractivity contribution < 1.29 is 10.0 Å². The molecule has 0 fully saturated rings. The second-order valence-corrected chi connectivity index (χ2v) is 6.66. The fourth-order valence-corrected chi connectivity index (χ4v) is 4.05. The SMILES string of the molecule is OB(O)c1c2ccccc2c(-c2cncc3ccccc23)c2ccccc12. The number of rotatable bonds is 2. The predicted octanol–water partition coefficient (Wildman–Crippen LogP) is 3.89. The van der Waals surface area contributed by atoms with Gasteiger partial charge in [-0.25, -0.2) is 0 Å². The van der Waals surface area contributed by atoms with Crippen LogP contribution in [0, 0.1) is 0 Å². The fourth-order valence-electron chi connectivity index (χ4n) is 4.05. The highest BCUT2D eigenvalue weighted by molar-refractivity contribution is 6.66. The molecule has 0 saturated carbocycles. The number of hydrogen-bond acceptors (Lipinski definition) is 3. The monoisotopic (exact) mass is 349 g/mol. The van der Waals surface area contributed by atoms with Crippen LogP contribution in [0.3, 0.4) is 0 Å². The molecule has 0 atom stereocenters. The molecule has 0 radical (unpaired) electrons. The zero-order valence-corrected chi connectivity index (χ0v) is 14.5. The van der Waals surface area contributed by atoms with Crippen LogP contribution in [-0.2, 0) is 0 Å². The highest BCUT2D eigenvalue weighted by atomic mass is 16.4. The number of hydrogen-bond donors (Lipinski definition) is 2. The number of fused-ring (bicyclic) bond motifs is 3. The molecular formula is C23H16BNO2. The van der Waals surface area contributed by atoms with Gasteiger partial charge in [-0.2, -0.15) is 0 Å². The standard InChI is InChI=1S/C23H16BNO2/c26-24(27)23-19-11-5-3-9-17(19)22(18-10-4-6-12-20(18)23)21-14-25-13-15-7-1-2-8-16(15)21/h1-14,26-27H. The van der Waals surface area contributed by atoms with E-state index in [1.54, 1.807) is 0 Å². The Kier molecular flexibility index (Phi) is 3.67. The molecule has 3 nitrogen and oxygen atoms in total. The van der Waals surface area contributed by atoms with Crippen LogP contribution in [0.1, 0.15) is 0 Å². The van der Waals surface area contributed by atoms with Gasteiger partial charge in [0.2, 0.25) is 0 Å². The first kappa shape index (κ1) is 16.0. The smallest absolute Gasteiger partial charge is 0.423 e. The molecule has 4 heteroatoms. The summed E-state index contributed by atoms with van der Waals surface area (Å²) in [6.45, 7) is 0. The highest BCUT2D eigenvalue weighted by Gasteiger charge is 2.22. The Bertz CT molecular complexity index is 1250. The maximum absolute atomic E-state index is 10.1. The van der Waals surface area contributed by atoms with Crippen LogP contribution in [0.25, 0.3) is 43.4 Å². The van der Waals surface area contributed by atoms with E-state index in [4.69, 9.17) is 0 Å². The maximum atomic E-state index is 10.1. The van der Waals surface area contributed by atoms with Crippen LogP contribution in [0.4, 0.5) is 0 Å². The average molecular weight is 349 g/mol. The minimum absolute atomic E-state index is 0.540. The first-order valence-electron chi connectivity index (χ1n) is 8.88. The molecule has 0 saturated heterocycles. The van der Waals surface area contributed by atoms with Gasteiger partial charge in [-0.1, -0.05) is 72.8 Å². The lowest BCUT2D eigenvalue weighted by molar-refractivity contribution is 0.426. The van der Waals surface area contributed by atoms with Crippen LogP contribution >= 0.6 is 0 Å². The molecule has 128 valence electrons. The maximum Gasteiger partial charge on any atom is 0.489 e. The van der Waals surface area contributed by atoms with Crippen LogP contribution in [0.15, 0.2) is 85.2 Å². The van der Waals surface area contributed by atoms with Gasteiger partial charge >= 0.3 is 7.12 Å². The van der Waals surface area contributed by atoms with Crippen LogP contribution in [-0.4, -0.2) is 22.2 Å². The summed E-state index contributed by atoms with van der Waals surface area (Å²) in [5.41, 5.74) is 2.65. The minimum atomic E-state index is -1.54. The molecule has 27 heavy (non-hydrogen) atoms. The third-order valence-corrected chi connectivity index (χ3v) is 5.17. The van der Waals surface area contributed by atoms with Crippen molar-refractivity contribution in [1.29, 1.82) is 0 Å². The fraction of sp³-hybridized carbons (Fsp3) is 0. The topological polar surface area (TPSA) is 53.4 Å². The summed E-state index contributed by atoms with van der Waals surface area (Å²) < 4.78 is 0. The second-order valence-electron chi connectivity index (χ2n) is 6.66. The summed E-state index contributed by atoms with van der Waals surface area (Å²) in [6.07, 6.45) is 3.76. The van der Waals surface area contributed by atoms with Gasteiger partial charge in [0, 0.05) is 23.3 Å². The van der Waals surface area contributed by atoms with Crippen LogP contribution in [0.5, 0.6) is 0 Å². The summed E-state index contributed by atoms with van der Waals surface area (Å²) in [5.74, 6) is 0. The highest BCUT2D eigenvalue weighted by Crippen LogP contribution is 2.38. The van der Waals surface area contributed by atoms with Crippen molar-refractivity contribution >= 4 is 44.9 Å². The Labute approximate surface area is 156 Å². The van der Waals surface area contributed by atoms with Gasteiger partial charge in [-0.05, 0) is 38.0 Å². The van der Waals surface area contributed by atoms with Crippen molar-refractivity contribution in [3.63, 3.8) is 0 Å². The molecule has 0 aliphatic carbocycles. The molecule has 5 aromatic rings. The van der Waals surface area contributed by atoms with Crippen LogP contribution in [0.2, 0.25) is 0 Å². The van der Waals surface area contributed by atoms with Gasteiger partial charge in [0.25, 0.3) is 0 Å². The van der Waals surface area contributed by atoms with Crippen molar-refractivity contribution in [2.75, 3.05) is 0 Å². The summed E-state index contributed by atoms with van der Waals surface area (Å²) >= 11 is 0. The third kappa shape index (κ3) is 2.42. The molecule has 0 aliphatic heterocycles. The van der Waals surface area contributed by atoms with Gasteiger partial charge in [-0.3, -0.25) is 4.98 Å². The largest absolute Gasteiger partial charge is 0.489 e. The molecular weight excluding hydrogens is 333 g/mol. The number of aromatic nitrogens is 1. The Balaban J connectivity index is 2.05. The molecule has 4 aromatic carbocycles. The third-order valence-electron chi connectivity index (χ3n) is 5.17. The van der Waals surface area contributed by atoms with E-state index >= 15 is 0 Å². The lowest BCUT2D eigenvalue weighted by Gasteiger charge is -2.17.